The van der Waals surface area contributed by atoms with Crippen molar-refractivity contribution >= 4 is 88.7 Å². The summed E-state index contributed by atoms with van der Waals surface area (Å²) in [7, 11) is 0. The van der Waals surface area contributed by atoms with Crippen molar-refractivity contribution in [3.8, 4) is 5.75 Å². The topological polar surface area (TPSA) is 555 Å². The number of rotatable bonds is 19. The van der Waals surface area contributed by atoms with Crippen molar-refractivity contribution in [2.75, 3.05) is 39.3 Å². The fourth-order valence-electron chi connectivity index (χ4n) is 15.1. The molecule has 5 aliphatic heterocycles. The summed E-state index contributed by atoms with van der Waals surface area (Å²) in [5.41, 5.74) is 17.6. The van der Waals surface area contributed by atoms with E-state index in [2.05, 4.69) is 53.2 Å². The van der Waals surface area contributed by atoms with Gasteiger partial charge in [0.05, 0.1) is 18.8 Å². The van der Waals surface area contributed by atoms with Gasteiger partial charge in [-0.1, -0.05) is 45.2 Å². The highest BCUT2D eigenvalue weighted by Crippen LogP contribution is 2.41. The number of aryl methyl sites for hydroxylation is 1. The molecule has 0 aromatic heterocycles. The number of phenolic OH excluding ortho intramolecular Hbond substituents is 1. The quantitative estimate of drug-likeness (QED) is 0.0352. The van der Waals surface area contributed by atoms with Crippen molar-refractivity contribution in [3.05, 3.63) is 29.8 Å². The fourth-order valence-corrected chi connectivity index (χ4v) is 15.1. The molecule has 2 unspecified atom stereocenters. The minimum absolute atomic E-state index is 0.0239. The molecule has 1 aromatic carbocycles. The molecule has 1 saturated carbocycles. The van der Waals surface area contributed by atoms with Gasteiger partial charge >= 0.3 is 0 Å². The van der Waals surface area contributed by atoms with Gasteiger partial charge < -0.3 is 110 Å². The molecule has 7 rings (SSSR count). The summed E-state index contributed by atoms with van der Waals surface area (Å²) in [6, 6.07) is -13.6. The lowest BCUT2D eigenvalue weighted by Gasteiger charge is -2.38. The van der Waals surface area contributed by atoms with E-state index in [1.54, 1.807) is 26.0 Å². The van der Waals surface area contributed by atoms with Crippen LogP contribution in [-0.2, 0) is 73.5 Å². The molecule has 107 heavy (non-hydrogen) atoms. The second kappa shape index (κ2) is 40.1. The predicted molar refractivity (Wildman–Crippen MR) is 385 cm³/mol. The molecule has 14 amide bonds. The zero-order valence-corrected chi connectivity index (χ0v) is 61.8. The Morgan fingerprint density at radius 1 is 0.533 bits per heavy atom. The lowest BCUT2D eigenvalue weighted by Crippen LogP contribution is -2.62. The Morgan fingerprint density at radius 2 is 1.01 bits per heavy atom. The van der Waals surface area contributed by atoms with Gasteiger partial charge in [0.15, 0.2) is 5.96 Å². The summed E-state index contributed by atoms with van der Waals surface area (Å²) in [6.07, 6.45) is 0.603. The third-order valence-electron chi connectivity index (χ3n) is 21.4. The number of carbonyl (C=O) groups excluding carboxylic acids is 14. The van der Waals surface area contributed by atoms with Crippen LogP contribution in [0.1, 0.15) is 169 Å². The van der Waals surface area contributed by atoms with E-state index in [1.807, 2.05) is 0 Å². The first-order valence-electron chi connectivity index (χ1n) is 37.7. The Bertz CT molecular complexity index is 3360. The standard InChI is InChI=1S/C71H112N18O18/c1-6-37(2)55-69(106)88-34-14-21-52(88)68(105)89-49-18-8-7-15-42(49)35-53(89)65(102)81-47(28-29-54(73)94)60(97)78-44(16-9-10-30-72)61(98)85-57(40(5)92)70(107)87-33-13-20-51(87)67(104)86-32-12-19-50(86)64(101)80-45(17-11-31-76-71(74)75)59(96)79-46(27-24-41-22-25-43(93)26-23-41)62(99)84-56(39(4)91)66(103)77-38(3)58(95)82-48(36-90)63(100)83-55/h22-23,25-26,37-40,42,44-53,55-57,90-93H,6-21,24,27-36,72H2,1-5H3,(H2,73,94)(H,77,103)(H,78,97)(H,79,96)(H,80,101)(H,81,102)(H,82,95)(H,83,100)(H,84,99)(H,85,98)(H4,74,75,76)/t37-,38-,39+,40+,42?,44-,45-,46-,47-,48-,49?,50+,51+,52-,53-,55-,56-,57-/m0/s1. The van der Waals surface area contributed by atoms with E-state index in [0.717, 1.165) is 13.3 Å². The Kier molecular flexibility index (Phi) is 31.8. The van der Waals surface area contributed by atoms with Crippen LogP contribution in [0.3, 0.4) is 0 Å². The van der Waals surface area contributed by atoms with Gasteiger partial charge in [-0.05, 0) is 166 Å². The Balaban J connectivity index is 1.25. The van der Waals surface area contributed by atoms with Gasteiger partial charge in [0.25, 0.3) is 0 Å². The maximum Gasteiger partial charge on any atom is 0.248 e. The molecule has 0 radical (unpaired) electrons. The number of aliphatic hydroxyl groups excluding tert-OH is 3. The number of nitrogens with two attached hydrogens (primary N) is 3. The second-order valence-electron chi connectivity index (χ2n) is 29.2. The van der Waals surface area contributed by atoms with Gasteiger partial charge in [0.2, 0.25) is 82.7 Å². The number of aromatic hydroxyl groups is 1. The van der Waals surface area contributed by atoms with Crippen LogP contribution >= 0.6 is 0 Å². The van der Waals surface area contributed by atoms with Crippen molar-refractivity contribution in [3.63, 3.8) is 0 Å². The number of nitrogens with zero attached hydrogens (tertiary/aromatic N) is 4. The van der Waals surface area contributed by atoms with Crippen molar-refractivity contribution in [1.82, 2.24) is 72.8 Å². The first-order valence-corrected chi connectivity index (χ1v) is 37.7. The molecule has 5 saturated heterocycles. The molecule has 18 atom stereocenters. The number of unbranched alkanes of at least 4 members (excludes halogenated alkanes) is 1. The molecule has 21 N–H and O–H groups in total. The highest BCUT2D eigenvalue weighted by Gasteiger charge is 2.53. The lowest BCUT2D eigenvalue weighted by molar-refractivity contribution is -0.150. The van der Waals surface area contributed by atoms with Gasteiger partial charge in [-0.25, -0.2) is 0 Å². The SMILES string of the molecule is CC[C@H](C)[C@@H]1NC(=O)[C@H](CO)NC(=O)[C@H](C)NC(=O)[C@H]([C@@H](C)O)NC(=O)[C@H](CCc2ccc(O)cc2)NC(=O)[C@H](CCCNC(=N)N)NC(=O)[C@H]2CCCN2C(=O)[C@H]2CCCN2C(=O)[C@H]([C@@H](C)O)NC(=O)[C@H](CCCCN)NC(=O)[C@H](CCC(N)=O)NC(=O)[C@@H]2CC3CCCCC3N2C(=O)[C@@H]2CCCN2C1=O. The lowest BCUT2D eigenvalue weighted by atomic mass is 9.84. The minimum atomic E-state index is -1.83. The molecule has 6 aliphatic rings. The number of hydrogen-bond donors (Lipinski definition) is 18. The van der Waals surface area contributed by atoms with Gasteiger partial charge in [-0.3, -0.25) is 72.5 Å². The maximum atomic E-state index is 15.4. The van der Waals surface area contributed by atoms with Gasteiger partial charge in [-0.15, -0.1) is 0 Å². The average molecular weight is 1510 g/mol. The number of carbonyl (C=O) groups is 14. The van der Waals surface area contributed by atoms with E-state index >= 15 is 14.4 Å². The Hall–Kier alpha value is -9.29. The van der Waals surface area contributed by atoms with Crippen molar-refractivity contribution in [2.24, 2.45) is 29.0 Å². The summed E-state index contributed by atoms with van der Waals surface area (Å²) in [6.45, 7) is 6.30. The normalized spacial score (nSPS) is 30.0. The summed E-state index contributed by atoms with van der Waals surface area (Å²) in [4.78, 5) is 209. The first kappa shape index (κ1) is 85.0. The van der Waals surface area contributed by atoms with E-state index in [9.17, 15) is 73.2 Å². The number of aliphatic hydroxyl groups is 3. The Morgan fingerprint density at radius 3 is 1.57 bits per heavy atom. The first-order chi connectivity index (χ1) is 50.9. The van der Waals surface area contributed by atoms with E-state index < -0.39 is 204 Å². The number of nitrogens with one attached hydrogen (secondary N) is 11. The molecule has 36 heteroatoms. The highest BCUT2D eigenvalue weighted by atomic mass is 16.3. The minimum Gasteiger partial charge on any atom is -0.508 e. The van der Waals surface area contributed by atoms with Crippen LogP contribution in [0.5, 0.6) is 5.75 Å². The second-order valence-corrected chi connectivity index (χ2v) is 29.2. The van der Waals surface area contributed by atoms with Crippen LogP contribution in [0.2, 0.25) is 0 Å². The van der Waals surface area contributed by atoms with Crippen LogP contribution in [0, 0.1) is 17.2 Å². The summed E-state index contributed by atoms with van der Waals surface area (Å²) in [5, 5.41) is 76.7. The predicted octanol–water partition coefficient (Wildman–Crippen LogP) is -4.69. The van der Waals surface area contributed by atoms with E-state index in [0.29, 0.717) is 50.5 Å². The van der Waals surface area contributed by atoms with Crippen molar-refractivity contribution < 1.29 is 87.5 Å². The number of primary amides is 1. The number of amides is 14. The molecule has 1 aromatic rings. The molecular weight excluding hydrogens is 1390 g/mol. The van der Waals surface area contributed by atoms with Crippen LogP contribution in [-0.4, -0.2) is 265 Å². The monoisotopic (exact) mass is 1500 g/mol. The molecule has 6 fully saturated rings. The van der Waals surface area contributed by atoms with E-state index in [1.165, 1.54) is 45.6 Å². The van der Waals surface area contributed by atoms with E-state index in [-0.39, 0.29) is 121 Å². The maximum absolute atomic E-state index is 15.4. The zero-order valence-electron chi connectivity index (χ0n) is 61.8. The molecule has 0 spiro atoms. The third kappa shape index (κ3) is 22.6. The van der Waals surface area contributed by atoms with Crippen LogP contribution in [0.4, 0.5) is 0 Å². The third-order valence-corrected chi connectivity index (χ3v) is 21.4. The summed E-state index contributed by atoms with van der Waals surface area (Å²) in [5.74, 6) is -13.5. The number of hydrogen-bond acceptors (Lipinski definition) is 20. The van der Waals surface area contributed by atoms with Gasteiger partial charge in [-0.2, -0.15) is 0 Å². The number of guanidine groups is 1. The molecule has 36 nitrogen and oxygen atoms in total. The van der Waals surface area contributed by atoms with Crippen molar-refractivity contribution in [1.29, 1.82) is 5.41 Å². The average Bonchev–Trinajstić information content (AvgIpc) is 1.62. The van der Waals surface area contributed by atoms with E-state index in [4.69, 9.17) is 22.6 Å². The smallest absolute Gasteiger partial charge is 0.248 e. The van der Waals surface area contributed by atoms with Crippen LogP contribution in [0.25, 0.3) is 0 Å². The Labute approximate surface area is 622 Å². The molecule has 594 valence electrons. The summed E-state index contributed by atoms with van der Waals surface area (Å²) >= 11 is 0. The number of fused-ring (bicyclic) bond motifs is 6. The fraction of sp³-hybridized carbons (Fsp3) is 0.704. The zero-order chi connectivity index (χ0) is 78.5. The van der Waals surface area contributed by atoms with Gasteiger partial charge in [0.1, 0.15) is 84.3 Å². The summed E-state index contributed by atoms with van der Waals surface area (Å²) < 4.78 is 0. The molecular formula is C71H112N18O18. The van der Waals surface area contributed by atoms with Crippen LogP contribution < -0.4 is 70.4 Å². The molecule has 0 bridgehead atoms. The van der Waals surface area contributed by atoms with Crippen LogP contribution in [0.15, 0.2) is 24.3 Å². The number of phenols is 1. The van der Waals surface area contributed by atoms with Gasteiger partial charge in [0, 0.05) is 38.6 Å². The molecule has 5 heterocycles. The highest BCUT2D eigenvalue weighted by molar-refractivity contribution is 6.01. The number of benzene rings is 1. The van der Waals surface area contributed by atoms with Crippen molar-refractivity contribution in [2.45, 2.75) is 266 Å². The largest absolute Gasteiger partial charge is 0.508 e. The molecule has 1 aliphatic carbocycles.